The van der Waals surface area contributed by atoms with Gasteiger partial charge in [-0.3, -0.25) is 0 Å². The van der Waals surface area contributed by atoms with Crippen LogP contribution in [0.15, 0.2) is 0 Å². The molecule has 1 fully saturated rings. The third-order valence-corrected chi connectivity index (χ3v) is 3.40. The van der Waals surface area contributed by atoms with Gasteiger partial charge in [-0.25, -0.2) is 0 Å². The van der Waals surface area contributed by atoms with Crippen LogP contribution in [0.5, 0.6) is 0 Å². The van der Waals surface area contributed by atoms with Gasteiger partial charge in [0.05, 0.1) is 6.10 Å². The van der Waals surface area contributed by atoms with Crippen molar-refractivity contribution in [1.29, 1.82) is 0 Å². The molecule has 1 aliphatic rings. The molecule has 1 aliphatic carbocycles. The Morgan fingerprint density at radius 1 is 1.43 bits per heavy atom. The Bertz CT molecular complexity index is 179. The maximum Gasteiger partial charge on any atom is 0.0667 e. The summed E-state index contributed by atoms with van der Waals surface area (Å²) in [4.78, 5) is 0. The average Bonchev–Trinajstić information content (AvgIpc) is 2.35. The van der Waals surface area contributed by atoms with Gasteiger partial charge in [0.2, 0.25) is 0 Å². The smallest absolute Gasteiger partial charge is 0.0667 e. The fraction of sp³-hybridized carbons (Fsp3) is 1.00. The molecule has 84 valence electrons. The molecule has 1 saturated carbocycles. The van der Waals surface area contributed by atoms with Crippen LogP contribution in [0, 0.1) is 11.3 Å². The molecular weight excluding hydrogens is 174 g/mol. The van der Waals surface area contributed by atoms with Crippen LogP contribution in [-0.2, 0) is 4.74 Å². The monoisotopic (exact) mass is 199 g/mol. The molecule has 2 heteroatoms. The maximum atomic E-state index is 5.23. The van der Waals surface area contributed by atoms with E-state index in [2.05, 4.69) is 33.0 Å². The highest BCUT2D eigenvalue weighted by molar-refractivity contribution is 4.91. The highest BCUT2D eigenvalue weighted by Gasteiger charge is 2.36. The Balaban J connectivity index is 2.32. The highest BCUT2D eigenvalue weighted by atomic mass is 16.5. The van der Waals surface area contributed by atoms with E-state index in [1.54, 1.807) is 7.11 Å². The number of rotatable bonds is 4. The summed E-state index contributed by atoms with van der Waals surface area (Å²) in [5, 5.41) is 3.61. The molecule has 3 atom stereocenters. The zero-order valence-electron chi connectivity index (χ0n) is 10.3. The lowest BCUT2D eigenvalue weighted by Crippen LogP contribution is -2.37. The normalized spacial score (nSPS) is 33.2. The molecule has 0 amide bonds. The van der Waals surface area contributed by atoms with Crippen molar-refractivity contribution in [1.82, 2.24) is 5.32 Å². The third-order valence-electron chi connectivity index (χ3n) is 3.40. The van der Waals surface area contributed by atoms with E-state index in [4.69, 9.17) is 4.74 Å². The van der Waals surface area contributed by atoms with Gasteiger partial charge in [0, 0.05) is 19.7 Å². The third kappa shape index (κ3) is 3.25. The molecule has 0 heterocycles. The van der Waals surface area contributed by atoms with Crippen LogP contribution in [0.2, 0.25) is 0 Å². The first-order valence-electron chi connectivity index (χ1n) is 5.71. The van der Waals surface area contributed by atoms with E-state index in [-0.39, 0.29) is 0 Å². The van der Waals surface area contributed by atoms with Gasteiger partial charge in [-0.2, -0.15) is 0 Å². The molecule has 0 aliphatic heterocycles. The van der Waals surface area contributed by atoms with Crippen molar-refractivity contribution in [2.24, 2.45) is 11.3 Å². The Labute approximate surface area is 88.4 Å². The van der Waals surface area contributed by atoms with Crippen LogP contribution in [0.4, 0.5) is 0 Å². The summed E-state index contributed by atoms with van der Waals surface area (Å²) in [7, 11) is 1.77. The van der Waals surface area contributed by atoms with Crippen molar-refractivity contribution in [3.8, 4) is 0 Å². The zero-order valence-corrected chi connectivity index (χ0v) is 10.3. The van der Waals surface area contributed by atoms with Crippen molar-refractivity contribution in [3.63, 3.8) is 0 Å². The van der Waals surface area contributed by atoms with Crippen LogP contribution in [0.3, 0.4) is 0 Å². The van der Waals surface area contributed by atoms with Crippen molar-refractivity contribution in [2.75, 3.05) is 13.7 Å². The van der Waals surface area contributed by atoms with Crippen LogP contribution in [-0.4, -0.2) is 25.8 Å². The van der Waals surface area contributed by atoms with Gasteiger partial charge in [0.1, 0.15) is 0 Å². The quantitative estimate of drug-likeness (QED) is 0.751. The second-order valence-corrected chi connectivity index (χ2v) is 5.61. The maximum absolute atomic E-state index is 5.23. The van der Waals surface area contributed by atoms with Gasteiger partial charge in [0.25, 0.3) is 0 Å². The van der Waals surface area contributed by atoms with Crippen molar-refractivity contribution in [3.05, 3.63) is 0 Å². The van der Waals surface area contributed by atoms with Crippen LogP contribution in [0.1, 0.15) is 40.5 Å². The van der Waals surface area contributed by atoms with Gasteiger partial charge >= 0.3 is 0 Å². The Hall–Kier alpha value is -0.0800. The van der Waals surface area contributed by atoms with Crippen molar-refractivity contribution < 1.29 is 4.74 Å². The molecular formula is C12H25NO. The van der Waals surface area contributed by atoms with E-state index in [0.29, 0.717) is 17.6 Å². The summed E-state index contributed by atoms with van der Waals surface area (Å²) in [6.45, 7) is 10.2. The van der Waals surface area contributed by atoms with Gasteiger partial charge < -0.3 is 10.1 Å². The largest absolute Gasteiger partial charge is 0.380 e. The minimum absolute atomic E-state index is 0.325. The highest BCUT2D eigenvalue weighted by Crippen LogP contribution is 2.40. The molecule has 0 bridgehead atoms. The van der Waals surface area contributed by atoms with E-state index < -0.39 is 0 Å². The second kappa shape index (κ2) is 4.63. The molecule has 0 aromatic heterocycles. The van der Waals surface area contributed by atoms with Crippen LogP contribution in [0.25, 0.3) is 0 Å². The van der Waals surface area contributed by atoms with Gasteiger partial charge in [-0.15, -0.1) is 0 Å². The first-order valence-corrected chi connectivity index (χ1v) is 5.71. The number of ether oxygens (including phenoxy) is 1. The summed E-state index contributed by atoms with van der Waals surface area (Å²) in [5.74, 6) is 0.800. The molecule has 14 heavy (non-hydrogen) atoms. The van der Waals surface area contributed by atoms with Crippen LogP contribution >= 0.6 is 0 Å². The molecule has 2 nitrogen and oxygen atoms in total. The lowest BCUT2D eigenvalue weighted by Gasteiger charge is -2.20. The molecule has 1 rings (SSSR count). The minimum atomic E-state index is 0.325. The van der Waals surface area contributed by atoms with E-state index in [0.717, 1.165) is 12.5 Å². The van der Waals surface area contributed by atoms with E-state index in [9.17, 15) is 0 Å². The summed E-state index contributed by atoms with van der Waals surface area (Å²) in [6.07, 6.45) is 2.96. The molecule has 3 unspecified atom stereocenters. The number of hydrogen-bond acceptors (Lipinski definition) is 2. The summed E-state index contributed by atoms with van der Waals surface area (Å²) in [6, 6.07) is 0.683. The van der Waals surface area contributed by atoms with Crippen molar-refractivity contribution in [2.45, 2.75) is 52.7 Å². The minimum Gasteiger partial charge on any atom is -0.380 e. The predicted molar refractivity (Wildman–Crippen MR) is 60.4 cm³/mol. The predicted octanol–water partition coefficient (Wildman–Crippen LogP) is 2.44. The Morgan fingerprint density at radius 2 is 2.07 bits per heavy atom. The molecule has 0 aromatic rings. The molecule has 0 aromatic carbocycles. The molecule has 0 radical (unpaired) electrons. The van der Waals surface area contributed by atoms with E-state index in [1.807, 2.05) is 0 Å². The lowest BCUT2D eigenvalue weighted by atomic mass is 9.91. The summed E-state index contributed by atoms with van der Waals surface area (Å²) < 4.78 is 5.23. The number of hydrogen-bond donors (Lipinski definition) is 1. The van der Waals surface area contributed by atoms with E-state index in [1.165, 1.54) is 12.8 Å². The zero-order chi connectivity index (χ0) is 10.8. The standard InChI is InChI=1S/C12H25NO/c1-9-6-12(3,4)7-11(9)13-8-10(2)14-5/h9-11,13H,6-8H2,1-5H3. The summed E-state index contributed by atoms with van der Waals surface area (Å²) in [5.41, 5.74) is 0.521. The number of nitrogens with one attached hydrogen (secondary N) is 1. The second-order valence-electron chi connectivity index (χ2n) is 5.61. The fourth-order valence-electron chi connectivity index (χ4n) is 2.57. The Kier molecular flexibility index (Phi) is 3.96. The van der Waals surface area contributed by atoms with E-state index >= 15 is 0 Å². The topological polar surface area (TPSA) is 21.3 Å². The van der Waals surface area contributed by atoms with Gasteiger partial charge in [-0.05, 0) is 31.1 Å². The van der Waals surface area contributed by atoms with Crippen LogP contribution < -0.4 is 5.32 Å². The Morgan fingerprint density at radius 3 is 2.50 bits per heavy atom. The fourth-order valence-corrected chi connectivity index (χ4v) is 2.57. The van der Waals surface area contributed by atoms with Gasteiger partial charge in [0.15, 0.2) is 0 Å². The number of methoxy groups -OCH3 is 1. The van der Waals surface area contributed by atoms with Crippen molar-refractivity contribution >= 4 is 0 Å². The first-order chi connectivity index (χ1) is 6.44. The molecule has 1 N–H and O–H groups in total. The first kappa shape index (κ1) is 12.0. The summed E-state index contributed by atoms with van der Waals surface area (Å²) >= 11 is 0. The molecule has 0 spiro atoms. The average molecular weight is 199 g/mol. The lowest BCUT2D eigenvalue weighted by molar-refractivity contribution is 0.112. The van der Waals surface area contributed by atoms with Gasteiger partial charge in [-0.1, -0.05) is 20.8 Å². The SMILES string of the molecule is COC(C)CNC1CC(C)(C)CC1C. The molecule has 0 saturated heterocycles.